The Labute approximate surface area is 120 Å². The SMILES string of the molecule is O=C(NCCCC1CCCC1)C1Cc2ccccc2O1. The molecule has 1 aromatic carbocycles. The molecule has 0 radical (unpaired) electrons. The minimum absolute atomic E-state index is 0.0348. The molecule has 0 bridgehead atoms. The van der Waals surface area contributed by atoms with Crippen LogP contribution in [0, 0.1) is 5.92 Å². The number of ether oxygens (including phenoxy) is 1. The monoisotopic (exact) mass is 273 g/mol. The lowest BCUT2D eigenvalue weighted by Gasteiger charge is -2.12. The van der Waals surface area contributed by atoms with Gasteiger partial charge in [0.2, 0.25) is 0 Å². The number of carbonyl (C=O) groups excluding carboxylic acids is 1. The zero-order chi connectivity index (χ0) is 13.8. The standard InChI is InChI=1S/C17H23NO2/c19-17(18-11-5-8-13-6-1-2-7-13)16-12-14-9-3-4-10-15(14)20-16/h3-4,9-10,13,16H,1-2,5-8,11-12H2,(H,18,19). The molecule has 1 fully saturated rings. The highest BCUT2D eigenvalue weighted by molar-refractivity contribution is 5.82. The number of hydrogen-bond acceptors (Lipinski definition) is 2. The van der Waals surface area contributed by atoms with Gasteiger partial charge in [0.1, 0.15) is 5.75 Å². The van der Waals surface area contributed by atoms with E-state index < -0.39 is 0 Å². The fourth-order valence-electron chi connectivity index (χ4n) is 3.34. The molecule has 1 heterocycles. The highest BCUT2D eigenvalue weighted by Gasteiger charge is 2.28. The number of hydrogen-bond donors (Lipinski definition) is 1. The molecule has 1 aliphatic carbocycles. The van der Waals surface area contributed by atoms with E-state index in [2.05, 4.69) is 5.32 Å². The highest BCUT2D eigenvalue weighted by atomic mass is 16.5. The predicted octanol–water partition coefficient (Wildman–Crippen LogP) is 3.08. The average Bonchev–Trinajstić information content (AvgIpc) is 3.12. The van der Waals surface area contributed by atoms with Crippen LogP contribution in [-0.4, -0.2) is 18.6 Å². The van der Waals surface area contributed by atoms with Gasteiger partial charge >= 0.3 is 0 Å². The first-order valence-corrected chi connectivity index (χ1v) is 7.85. The molecule has 3 rings (SSSR count). The molecule has 3 heteroatoms. The summed E-state index contributed by atoms with van der Waals surface area (Å²) in [5.41, 5.74) is 1.14. The molecule has 0 saturated heterocycles. The molecule has 0 spiro atoms. The van der Waals surface area contributed by atoms with Gasteiger partial charge in [-0.25, -0.2) is 0 Å². The van der Waals surface area contributed by atoms with Crippen LogP contribution in [0.2, 0.25) is 0 Å². The summed E-state index contributed by atoms with van der Waals surface area (Å²) in [6.07, 6.45) is 8.27. The summed E-state index contributed by atoms with van der Waals surface area (Å²) in [5.74, 6) is 1.80. The number of rotatable bonds is 5. The molecular weight excluding hydrogens is 250 g/mol. The average molecular weight is 273 g/mol. The van der Waals surface area contributed by atoms with Crippen molar-refractivity contribution in [2.24, 2.45) is 5.92 Å². The van der Waals surface area contributed by atoms with E-state index in [1.807, 2.05) is 24.3 Å². The first kappa shape index (κ1) is 13.5. The van der Waals surface area contributed by atoms with Crippen LogP contribution < -0.4 is 10.1 Å². The van der Waals surface area contributed by atoms with E-state index in [0.29, 0.717) is 6.42 Å². The molecular formula is C17H23NO2. The van der Waals surface area contributed by atoms with Gasteiger partial charge in [-0.1, -0.05) is 43.9 Å². The smallest absolute Gasteiger partial charge is 0.261 e. The van der Waals surface area contributed by atoms with Crippen LogP contribution >= 0.6 is 0 Å². The topological polar surface area (TPSA) is 38.3 Å². The molecule has 1 aromatic rings. The maximum absolute atomic E-state index is 12.1. The maximum atomic E-state index is 12.1. The minimum Gasteiger partial charge on any atom is -0.480 e. The van der Waals surface area contributed by atoms with E-state index in [1.54, 1.807) is 0 Å². The van der Waals surface area contributed by atoms with Gasteiger partial charge in [0.05, 0.1) is 0 Å². The van der Waals surface area contributed by atoms with Crippen LogP contribution in [-0.2, 0) is 11.2 Å². The van der Waals surface area contributed by atoms with E-state index in [9.17, 15) is 4.79 Å². The Balaban J connectivity index is 1.38. The number of benzene rings is 1. The summed E-state index contributed by atoms with van der Waals surface area (Å²) in [4.78, 5) is 12.1. The Morgan fingerprint density at radius 3 is 2.85 bits per heavy atom. The van der Waals surface area contributed by atoms with Gasteiger partial charge in [-0.2, -0.15) is 0 Å². The van der Waals surface area contributed by atoms with Crippen LogP contribution in [0.4, 0.5) is 0 Å². The van der Waals surface area contributed by atoms with Crippen LogP contribution in [0.3, 0.4) is 0 Å². The van der Waals surface area contributed by atoms with Crippen molar-refractivity contribution in [3.8, 4) is 5.75 Å². The lowest BCUT2D eigenvalue weighted by atomic mass is 10.0. The number of fused-ring (bicyclic) bond motifs is 1. The van der Waals surface area contributed by atoms with Gasteiger partial charge in [-0.15, -0.1) is 0 Å². The third-order valence-electron chi connectivity index (χ3n) is 4.50. The van der Waals surface area contributed by atoms with Gasteiger partial charge in [0.25, 0.3) is 5.91 Å². The van der Waals surface area contributed by atoms with Crippen molar-refractivity contribution in [1.82, 2.24) is 5.32 Å². The van der Waals surface area contributed by atoms with Crippen LogP contribution in [0.1, 0.15) is 44.1 Å². The Morgan fingerprint density at radius 1 is 1.25 bits per heavy atom. The van der Waals surface area contributed by atoms with Gasteiger partial charge < -0.3 is 10.1 Å². The quantitative estimate of drug-likeness (QED) is 0.837. The summed E-state index contributed by atoms with van der Waals surface area (Å²) >= 11 is 0. The lowest BCUT2D eigenvalue weighted by molar-refractivity contribution is -0.127. The largest absolute Gasteiger partial charge is 0.480 e. The van der Waals surface area contributed by atoms with Crippen molar-refractivity contribution >= 4 is 5.91 Å². The molecule has 1 N–H and O–H groups in total. The molecule has 1 amide bonds. The first-order chi connectivity index (χ1) is 9.83. The maximum Gasteiger partial charge on any atom is 0.261 e. The molecule has 1 aliphatic heterocycles. The molecule has 1 saturated carbocycles. The summed E-state index contributed by atoms with van der Waals surface area (Å²) in [6, 6.07) is 7.90. The zero-order valence-corrected chi connectivity index (χ0v) is 11.9. The van der Waals surface area contributed by atoms with Gasteiger partial charge in [0.15, 0.2) is 6.10 Å². The Bertz CT molecular complexity index is 441. The fourth-order valence-corrected chi connectivity index (χ4v) is 3.34. The molecule has 1 unspecified atom stereocenters. The van der Waals surface area contributed by atoms with Crippen molar-refractivity contribution in [1.29, 1.82) is 0 Å². The first-order valence-electron chi connectivity index (χ1n) is 7.85. The van der Waals surface area contributed by atoms with Gasteiger partial charge in [0, 0.05) is 13.0 Å². The van der Waals surface area contributed by atoms with Crippen molar-refractivity contribution in [2.45, 2.75) is 51.0 Å². The Hall–Kier alpha value is -1.51. The van der Waals surface area contributed by atoms with E-state index in [0.717, 1.165) is 30.2 Å². The molecule has 1 atom stereocenters. The third-order valence-corrected chi connectivity index (χ3v) is 4.50. The lowest BCUT2D eigenvalue weighted by Crippen LogP contribution is -2.37. The molecule has 2 aliphatic rings. The Morgan fingerprint density at radius 2 is 2.05 bits per heavy atom. The summed E-state index contributed by atoms with van der Waals surface area (Å²) in [5, 5.41) is 3.02. The van der Waals surface area contributed by atoms with Gasteiger partial charge in [-0.3, -0.25) is 4.79 Å². The van der Waals surface area contributed by atoms with Crippen molar-refractivity contribution in [2.75, 3.05) is 6.54 Å². The van der Waals surface area contributed by atoms with Gasteiger partial charge in [-0.05, 0) is 30.4 Å². The van der Waals surface area contributed by atoms with E-state index in [1.165, 1.54) is 32.1 Å². The van der Waals surface area contributed by atoms with E-state index in [-0.39, 0.29) is 12.0 Å². The normalized spacial score (nSPS) is 21.5. The second kappa shape index (κ2) is 6.29. The second-order valence-electron chi connectivity index (χ2n) is 6.00. The van der Waals surface area contributed by atoms with Crippen LogP contribution in [0.15, 0.2) is 24.3 Å². The van der Waals surface area contributed by atoms with Crippen LogP contribution in [0.25, 0.3) is 0 Å². The third kappa shape index (κ3) is 3.14. The zero-order valence-electron chi connectivity index (χ0n) is 11.9. The van der Waals surface area contributed by atoms with Crippen molar-refractivity contribution in [3.05, 3.63) is 29.8 Å². The van der Waals surface area contributed by atoms with E-state index >= 15 is 0 Å². The molecule has 0 aromatic heterocycles. The number of amides is 1. The Kier molecular flexibility index (Phi) is 4.24. The number of para-hydroxylation sites is 1. The second-order valence-corrected chi connectivity index (χ2v) is 6.00. The molecule has 108 valence electrons. The number of nitrogens with one attached hydrogen (secondary N) is 1. The van der Waals surface area contributed by atoms with Crippen molar-refractivity contribution in [3.63, 3.8) is 0 Å². The summed E-state index contributed by atoms with van der Waals surface area (Å²) < 4.78 is 5.69. The molecule has 3 nitrogen and oxygen atoms in total. The summed E-state index contributed by atoms with van der Waals surface area (Å²) in [7, 11) is 0. The van der Waals surface area contributed by atoms with E-state index in [4.69, 9.17) is 4.74 Å². The predicted molar refractivity (Wildman–Crippen MR) is 78.8 cm³/mol. The van der Waals surface area contributed by atoms with Crippen molar-refractivity contribution < 1.29 is 9.53 Å². The minimum atomic E-state index is -0.334. The fraction of sp³-hybridized carbons (Fsp3) is 0.588. The molecule has 20 heavy (non-hydrogen) atoms. The highest BCUT2D eigenvalue weighted by Crippen LogP contribution is 2.29. The summed E-state index contributed by atoms with van der Waals surface area (Å²) in [6.45, 7) is 0.783. The van der Waals surface area contributed by atoms with Crippen LogP contribution in [0.5, 0.6) is 5.75 Å². The number of carbonyl (C=O) groups is 1.